The van der Waals surface area contributed by atoms with Crippen LogP contribution in [0.1, 0.15) is 41.8 Å². The van der Waals surface area contributed by atoms with Gasteiger partial charge in [0.2, 0.25) is 5.75 Å². The first kappa shape index (κ1) is 31.0. The number of hydrogen-bond donors (Lipinski definition) is 1. The predicted molar refractivity (Wildman–Crippen MR) is 145 cm³/mol. The molecule has 3 rings (SSSR count). The summed E-state index contributed by atoms with van der Waals surface area (Å²) in [6, 6.07) is 9.32. The minimum Gasteiger partial charge on any atom is -0.493 e. The molecule has 3 aromatic rings. The molecule has 1 N–H and O–H groups in total. The van der Waals surface area contributed by atoms with E-state index in [2.05, 4.69) is 10.5 Å². The minimum absolute atomic E-state index is 0.0365. The van der Waals surface area contributed by atoms with Crippen molar-refractivity contribution in [1.82, 2.24) is 5.43 Å². The maximum atomic E-state index is 13.0. The third kappa shape index (κ3) is 8.01. The lowest BCUT2D eigenvalue weighted by molar-refractivity contribution is -0.385. The van der Waals surface area contributed by atoms with Gasteiger partial charge in [-0.15, -0.1) is 0 Å². The molecule has 218 valence electrons. The molecule has 0 aliphatic rings. The number of nitrogens with one attached hydrogen (secondary N) is 1. The van der Waals surface area contributed by atoms with E-state index >= 15 is 0 Å². The Labute approximate surface area is 237 Å². The first-order valence-electron chi connectivity index (χ1n) is 12.1. The van der Waals surface area contributed by atoms with Crippen molar-refractivity contribution in [2.24, 2.45) is 5.10 Å². The van der Waals surface area contributed by atoms with Crippen LogP contribution in [0.5, 0.6) is 28.7 Å². The molecule has 0 unspecified atom stereocenters. The van der Waals surface area contributed by atoms with Crippen molar-refractivity contribution < 1.29 is 41.8 Å². The molecule has 0 saturated heterocycles. The van der Waals surface area contributed by atoms with Gasteiger partial charge in [-0.05, 0) is 61.4 Å². The highest BCUT2D eigenvalue weighted by molar-refractivity contribution is 6.32. The average molecular weight is 596 g/mol. The molecule has 41 heavy (non-hydrogen) atoms. The molecular formula is C27H25ClF3N3O7. The highest BCUT2D eigenvalue weighted by Crippen LogP contribution is 2.43. The van der Waals surface area contributed by atoms with E-state index in [4.69, 9.17) is 30.5 Å². The molecule has 0 saturated carbocycles. The lowest BCUT2D eigenvalue weighted by Crippen LogP contribution is -2.17. The Morgan fingerprint density at radius 3 is 2.41 bits per heavy atom. The Kier molecular flexibility index (Phi) is 10.4. The number of nitro groups is 1. The zero-order chi connectivity index (χ0) is 30.2. The fourth-order valence-electron chi connectivity index (χ4n) is 3.43. The number of amides is 1. The highest BCUT2D eigenvalue weighted by atomic mass is 35.5. The lowest BCUT2D eigenvalue weighted by Gasteiger charge is -2.15. The van der Waals surface area contributed by atoms with E-state index in [-0.39, 0.29) is 28.7 Å². The largest absolute Gasteiger partial charge is 0.493 e. The van der Waals surface area contributed by atoms with E-state index in [1.807, 2.05) is 6.92 Å². The summed E-state index contributed by atoms with van der Waals surface area (Å²) in [7, 11) is 1.46. The zero-order valence-electron chi connectivity index (χ0n) is 22.1. The molecule has 0 spiro atoms. The maximum Gasteiger partial charge on any atom is 0.416 e. The Morgan fingerprint density at radius 1 is 1.05 bits per heavy atom. The summed E-state index contributed by atoms with van der Waals surface area (Å²) in [6.45, 7) is 4.25. The van der Waals surface area contributed by atoms with Crippen molar-refractivity contribution in [1.29, 1.82) is 0 Å². The van der Waals surface area contributed by atoms with E-state index in [9.17, 15) is 28.1 Å². The summed E-state index contributed by atoms with van der Waals surface area (Å²) in [6.07, 6.45) is -2.71. The van der Waals surface area contributed by atoms with Gasteiger partial charge < -0.3 is 18.9 Å². The van der Waals surface area contributed by atoms with Crippen LogP contribution in [0.4, 0.5) is 18.9 Å². The van der Waals surface area contributed by atoms with Gasteiger partial charge in [0, 0.05) is 11.6 Å². The second-order valence-corrected chi connectivity index (χ2v) is 8.62. The Bertz CT molecular complexity index is 1450. The van der Waals surface area contributed by atoms with Gasteiger partial charge in [0.15, 0.2) is 23.0 Å². The molecule has 10 nitrogen and oxygen atoms in total. The quantitative estimate of drug-likeness (QED) is 0.136. The van der Waals surface area contributed by atoms with Crippen LogP contribution in [0.15, 0.2) is 53.6 Å². The van der Waals surface area contributed by atoms with E-state index in [0.717, 1.165) is 12.5 Å². The minimum atomic E-state index is -4.79. The van der Waals surface area contributed by atoms with Crippen LogP contribution in [-0.2, 0) is 6.18 Å². The van der Waals surface area contributed by atoms with E-state index in [0.29, 0.717) is 35.8 Å². The van der Waals surface area contributed by atoms with Gasteiger partial charge >= 0.3 is 11.9 Å². The Hall–Kier alpha value is -4.52. The predicted octanol–water partition coefficient (Wildman–Crippen LogP) is 7.02. The Morgan fingerprint density at radius 2 is 1.78 bits per heavy atom. The molecule has 14 heteroatoms. The van der Waals surface area contributed by atoms with Gasteiger partial charge in [-0.2, -0.15) is 18.3 Å². The van der Waals surface area contributed by atoms with Gasteiger partial charge in [0.1, 0.15) is 0 Å². The molecular weight excluding hydrogens is 571 g/mol. The number of alkyl halides is 3. The second-order valence-electron chi connectivity index (χ2n) is 8.22. The van der Waals surface area contributed by atoms with Crippen LogP contribution >= 0.6 is 11.6 Å². The molecule has 0 aliphatic heterocycles. The number of hydrazone groups is 1. The van der Waals surface area contributed by atoms with Gasteiger partial charge in [-0.25, -0.2) is 5.43 Å². The number of methoxy groups -OCH3 is 1. The van der Waals surface area contributed by atoms with Crippen molar-refractivity contribution >= 4 is 29.4 Å². The summed E-state index contributed by atoms with van der Waals surface area (Å²) in [5.74, 6) is -0.249. The molecule has 0 aliphatic carbocycles. The lowest BCUT2D eigenvalue weighted by atomic mass is 10.1. The number of halogens is 4. The van der Waals surface area contributed by atoms with Gasteiger partial charge in [-0.3, -0.25) is 14.9 Å². The summed E-state index contributed by atoms with van der Waals surface area (Å²) in [4.78, 5) is 23.0. The van der Waals surface area contributed by atoms with E-state index in [1.165, 1.54) is 31.5 Å². The summed E-state index contributed by atoms with van der Waals surface area (Å²) in [5.41, 5.74) is 0.877. The van der Waals surface area contributed by atoms with Gasteiger partial charge in [-0.1, -0.05) is 18.5 Å². The van der Waals surface area contributed by atoms with Crippen LogP contribution in [0.2, 0.25) is 5.02 Å². The summed E-state index contributed by atoms with van der Waals surface area (Å²) >= 11 is 6.35. The molecule has 0 fully saturated rings. The second kappa shape index (κ2) is 13.7. The number of nitrogens with zero attached hydrogens (tertiary/aromatic N) is 2. The standard InChI is InChI=1S/C27H25ClF3N3O7/c1-4-10-40-22-8-6-17(13-23(22)38-3)26(35)33-32-15-16-11-19(28)25(24(12-16)39-5-2)41-21-9-7-18(27(29,30)31)14-20(21)34(36)37/h6-9,11-15H,4-5,10H2,1-3H3,(H,33,35)/b32-15+. The molecule has 3 aromatic carbocycles. The van der Waals surface area contributed by atoms with Crippen LogP contribution in [-0.4, -0.2) is 37.4 Å². The smallest absolute Gasteiger partial charge is 0.416 e. The van der Waals surface area contributed by atoms with E-state index in [1.54, 1.807) is 19.1 Å². The topological polar surface area (TPSA) is 122 Å². The van der Waals surface area contributed by atoms with Crippen molar-refractivity contribution in [3.8, 4) is 28.7 Å². The number of benzene rings is 3. The van der Waals surface area contributed by atoms with Crippen molar-refractivity contribution in [3.05, 3.63) is 80.4 Å². The van der Waals surface area contributed by atoms with E-state index < -0.39 is 34.0 Å². The molecule has 0 bridgehead atoms. The number of carbonyl (C=O) groups is 1. The maximum absolute atomic E-state index is 13.0. The highest BCUT2D eigenvalue weighted by Gasteiger charge is 2.33. The number of ether oxygens (including phenoxy) is 4. The van der Waals surface area contributed by atoms with Gasteiger partial charge in [0.05, 0.1) is 42.0 Å². The molecule has 0 heterocycles. The van der Waals surface area contributed by atoms with Crippen molar-refractivity contribution in [2.45, 2.75) is 26.4 Å². The summed E-state index contributed by atoms with van der Waals surface area (Å²) < 4.78 is 61.1. The van der Waals surface area contributed by atoms with Gasteiger partial charge in [0.25, 0.3) is 5.91 Å². The first-order valence-corrected chi connectivity index (χ1v) is 12.5. The van der Waals surface area contributed by atoms with Crippen molar-refractivity contribution in [2.75, 3.05) is 20.3 Å². The van der Waals surface area contributed by atoms with Crippen molar-refractivity contribution in [3.63, 3.8) is 0 Å². The fourth-order valence-corrected chi connectivity index (χ4v) is 3.68. The SMILES string of the molecule is CCCOc1ccc(C(=O)N/N=C/c2cc(Cl)c(Oc3ccc(C(F)(F)F)cc3[N+](=O)[O-])c(OCC)c2)cc1OC. The van der Waals surface area contributed by atoms with Crippen LogP contribution < -0.4 is 24.4 Å². The van der Waals surface area contributed by atoms with Crippen LogP contribution in [0.3, 0.4) is 0 Å². The zero-order valence-corrected chi connectivity index (χ0v) is 22.8. The average Bonchev–Trinajstić information content (AvgIpc) is 2.93. The molecule has 0 aromatic heterocycles. The first-order chi connectivity index (χ1) is 19.5. The fraction of sp³-hybridized carbons (Fsp3) is 0.259. The Balaban J connectivity index is 1.83. The molecule has 0 radical (unpaired) electrons. The third-order valence-corrected chi connectivity index (χ3v) is 5.57. The number of carbonyl (C=O) groups excluding carboxylic acids is 1. The molecule has 1 amide bonds. The normalized spacial score (nSPS) is 11.3. The number of rotatable bonds is 12. The number of nitro benzene ring substituents is 1. The molecule has 0 atom stereocenters. The summed E-state index contributed by atoms with van der Waals surface area (Å²) in [5, 5.41) is 15.3. The number of hydrogen-bond acceptors (Lipinski definition) is 8. The van der Waals surface area contributed by atoms with Crippen LogP contribution in [0, 0.1) is 10.1 Å². The van der Waals surface area contributed by atoms with Crippen LogP contribution in [0.25, 0.3) is 0 Å². The third-order valence-electron chi connectivity index (χ3n) is 5.29. The monoisotopic (exact) mass is 595 g/mol.